The van der Waals surface area contributed by atoms with E-state index in [9.17, 15) is 4.79 Å². The lowest BCUT2D eigenvalue weighted by atomic mass is 10.3. The Hall–Kier alpha value is -0.690. The molecule has 1 unspecified atom stereocenters. The molecular formula is C12H26N2O4. The van der Waals surface area contributed by atoms with E-state index < -0.39 is 0 Å². The minimum absolute atomic E-state index is 0.00277. The molecule has 108 valence electrons. The summed E-state index contributed by atoms with van der Waals surface area (Å²) in [5.74, 6) is 0.00277. The van der Waals surface area contributed by atoms with Crippen LogP contribution in [0.5, 0.6) is 0 Å². The molecule has 0 aliphatic heterocycles. The van der Waals surface area contributed by atoms with Crippen molar-refractivity contribution in [2.75, 3.05) is 53.7 Å². The summed E-state index contributed by atoms with van der Waals surface area (Å²) < 4.78 is 15.0. The molecule has 6 nitrogen and oxygen atoms in total. The number of carbonyl (C=O) groups excluding carboxylic acids is 1. The van der Waals surface area contributed by atoms with E-state index in [-0.39, 0.29) is 11.9 Å². The second-order valence-corrected chi connectivity index (χ2v) is 3.92. The first-order valence-electron chi connectivity index (χ1n) is 6.29. The molecule has 0 saturated carbocycles. The van der Waals surface area contributed by atoms with Gasteiger partial charge < -0.3 is 24.8 Å². The Bertz CT molecular complexity index is 203. The number of ether oxygens (including phenoxy) is 3. The first-order chi connectivity index (χ1) is 8.72. The summed E-state index contributed by atoms with van der Waals surface area (Å²) in [5, 5.41) is 5.93. The maximum absolute atomic E-state index is 11.6. The lowest BCUT2D eigenvalue weighted by Gasteiger charge is -2.14. The van der Waals surface area contributed by atoms with Crippen molar-refractivity contribution in [2.45, 2.75) is 19.4 Å². The number of hydrogen-bond acceptors (Lipinski definition) is 5. The SMILES string of the molecule is COCCCNC(=O)C(C)NCCOCCOC. The summed E-state index contributed by atoms with van der Waals surface area (Å²) in [6.45, 7) is 5.53. The van der Waals surface area contributed by atoms with Crippen molar-refractivity contribution < 1.29 is 19.0 Å². The molecule has 1 atom stereocenters. The van der Waals surface area contributed by atoms with E-state index in [2.05, 4.69) is 10.6 Å². The normalized spacial score (nSPS) is 12.4. The predicted molar refractivity (Wildman–Crippen MR) is 69.7 cm³/mol. The molecule has 0 aromatic heterocycles. The van der Waals surface area contributed by atoms with Crippen LogP contribution in [0.4, 0.5) is 0 Å². The quantitative estimate of drug-likeness (QED) is 0.476. The molecule has 0 bridgehead atoms. The Morgan fingerprint density at radius 3 is 2.44 bits per heavy atom. The summed E-state index contributed by atoms with van der Waals surface area (Å²) in [4.78, 5) is 11.6. The lowest BCUT2D eigenvalue weighted by molar-refractivity contribution is -0.122. The first kappa shape index (κ1) is 17.3. The van der Waals surface area contributed by atoms with Gasteiger partial charge in [0.2, 0.25) is 5.91 Å². The van der Waals surface area contributed by atoms with E-state index in [4.69, 9.17) is 14.2 Å². The Morgan fingerprint density at radius 1 is 1.06 bits per heavy atom. The fraction of sp³-hybridized carbons (Fsp3) is 0.917. The van der Waals surface area contributed by atoms with Crippen molar-refractivity contribution in [2.24, 2.45) is 0 Å². The Labute approximate surface area is 109 Å². The second kappa shape index (κ2) is 12.8. The van der Waals surface area contributed by atoms with E-state index in [0.29, 0.717) is 39.5 Å². The van der Waals surface area contributed by atoms with Crippen molar-refractivity contribution in [3.63, 3.8) is 0 Å². The summed E-state index contributed by atoms with van der Waals surface area (Å²) >= 11 is 0. The second-order valence-electron chi connectivity index (χ2n) is 3.92. The summed E-state index contributed by atoms with van der Waals surface area (Å²) in [5.41, 5.74) is 0. The minimum atomic E-state index is -0.210. The highest BCUT2D eigenvalue weighted by atomic mass is 16.5. The highest BCUT2D eigenvalue weighted by Crippen LogP contribution is 1.84. The lowest BCUT2D eigenvalue weighted by Crippen LogP contribution is -2.43. The molecule has 0 spiro atoms. The third-order valence-electron chi connectivity index (χ3n) is 2.35. The van der Waals surface area contributed by atoms with E-state index >= 15 is 0 Å². The van der Waals surface area contributed by atoms with Gasteiger partial charge in [-0.1, -0.05) is 0 Å². The van der Waals surface area contributed by atoms with Crippen LogP contribution in [0.2, 0.25) is 0 Å². The van der Waals surface area contributed by atoms with Crippen LogP contribution in [0.25, 0.3) is 0 Å². The number of amides is 1. The number of carbonyl (C=O) groups is 1. The van der Waals surface area contributed by atoms with Crippen LogP contribution in [-0.2, 0) is 19.0 Å². The van der Waals surface area contributed by atoms with Crippen molar-refractivity contribution in [1.29, 1.82) is 0 Å². The average molecular weight is 262 g/mol. The van der Waals surface area contributed by atoms with Crippen LogP contribution in [0.1, 0.15) is 13.3 Å². The molecule has 2 N–H and O–H groups in total. The molecule has 0 radical (unpaired) electrons. The number of methoxy groups -OCH3 is 2. The monoisotopic (exact) mass is 262 g/mol. The molecular weight excluding hydrogens is 236 g/mol. The smallest absolute Gasteiger partial charge is 0.236 e. The standard InChI is InChI=1S/C12H26N2O4/c1-11(12(15)14-5-4-7-16-2)13-6-8-18-10-9-17-3/h11,13H,4-10H2,1-3H3,(H,14,15). The maximum Gasteiger partial charge on any atom is 0.236 e. The van der Waals surface area contributed by atoms with Gasteiger partial charge in [0, 0.05) is 33.9 Å². The third kappa shape index (κ3) is 10.5. The number of rotatable bonds is 12. The average Bonchev–Trinajstić information content (AvgIpc) is 2.38. The Kier molecular flexibility index (Phi) is 12.3. The van der Waals surface area contributed by atoms with E-state index in [1.807, 2.05) is 6.92 Å². The van der Waals surface area contributed by atoms with Gasteiger partial charge >= 0.3 is 0 Å². The highest BCUT2D eigenvalue weighted by molar-refractivity contribution is 5.81. The molecule has 0 heterocycles. The molecule has 0 rings (SSSR count). The minimum Gasteiger partial charge on any atom is -0.385 e. The summed E-state index contributed by atoms with van der Waals surface area (Å²) in [6.07, 6.45) is 0.828. The van der Waals surface area contributed by atoms with Gasteiger partial charge in [-0.2, -0.15) is 0 Å². The Morgan fingerprint density at radius 2 is 1.78 bits per heavy atom. The molecule has 18 heavy (non-hydrogen) atoms. The van der Waals surface area contributed by atoms with Crippen LogP contribution in [0, 0.1) is 0 Å². The van der Waals surface area contributed by atoms with Crippen molar-refractivity contribution >= 4 is 5.91 Å². The number of hydrogen-bond donors (Lipinski definition) is 2. The zero-order chi connectivity index (χ0) is 13.6. The molecule has 0 aromatic carbocycles. The molecule has 0 aliphatic carbocycles. The first-order valence-corrected chi connectivity index (χ1v) is 6.29. The summed E-state index contributed by atoms with van der Waals surface area (Å²) in [7, 11) is 3.28. The van der Waals surface area contributed by atoms with Crippen LogP contribution in [-0.4, -0.2) is 65.7 Å². The van der Waals surface area contributed by atoms with Gasteiger partial charge in [0.05, 0.1) is 25.9 Å². The van der Waals surface area contributed by atoms with Crippen molar-refractivity contribution in [3.05, 3.63) is 0 Å². The Balaban J connectivity index is 3.38. The third-order valence-corrected chi connectivity index (χ3v) is 2.35. The largest absolute Gasteiger partial charge is 0.385 e. The van der Waals surface area contributed by atoms with Gasteiger partial charge in [-0.05, 0) is 13.3 Å². The van der Waals surface area contributed by atoms with E-state index in [1.54, 1.807) is 14.2 Å². The van der Waals surface area contributed by atoms with Crippen molar-refractivity contribution in [1.82, 2.24) is 10.6 Å². The van der Waals surface area contributed by atoms with Crippen LogP contribution in [0.3, 0.4) is 0 Å². The van der Waals surface area contributed by atoms with E-state index in [1.165, 1.54) is 0 Å². The van der Waals surface area contributed by atoms with Gasteiger partial charge in [0.1, 0.15) is 0 Å². The fourth-order valence-corrected chi connectivity index (χ4v) is 1.27. The molecule has 1 amide bonds. The number of nitrogens with one attached hydrogen (secondary N) is 2. The predicted octanol–water partition coefficient (Wildman–Crippen LogP) is -0.220. The topological polar surface area (TPSA) is 68.8 Å². The van der Waals surface area contributed by atoms with Gasteiger partial charge in [0.15, 0.2) is 0 Å². The molecule has 0 saturated heterocycles. The van der Waals surface area contributed by atoms with Gasteiger partial charge in [-0.25, -0.2) is 0 Å². The van der Waals surface area contributed by atoms with E-state index in [0.717, 1.165) is 6.42 Å². The van der Waals surface area contributed by atoms with Crippen LogP contribution in [0.15, 0.2) is 0 Å². The zero-order valence-corrected chi connectivity index (χ0v) is 11.7. The molecule has 0 aromatic rings. The van der Waals surface area contributed by atoms with Crippen LogP contribution >= 0.6 is 0 Å². The van der Waals surface area contributed by atoms with Crippen LogP contribution < -0.4 is 10.6 Å². The fourth-order valence-electron chi connectivity index (χ4n) is 1.27. The van der Waals surface area contributed by atoms with Crippen molar-refractivity contribution in [3.8, 4) is 0 Å². The van der Waals surface area contributed by atoms with Gasteiger partial charge in [-0.15, -0.1) is 0 Å². The maximum atomic E-state index is 11.6. The van der Waals surface area contributed by atoms with Gasteiger partial charge in [-0.3, -0.25) is 4.79 Å². The molecule has 6 heteroatoms. The highest BCUT2D eigenvalue weighted by Gasteiger charge is 2.10. The van der Waals surface area contributed by atoms with Gasteiger partial charge in [0.25, 0.3) is 0 Å². The summed E-state index contributed by atoms with van der Waals surface area (Å²) in [6, 6.07) is -0.210. The molecule has 0 fully saturated rings. The zero-order valence-electron chi connectivity index (χ0n) is 11.7. The molecule has 0 aliphatic rings.